The Morgan fingerprint density at radius 1 is 1.29 bits per heavy atom. The van der Waals surface area contributed by atoms with Crippen LogP contribution in [0.1, 0.15) is 13.8 Å². The number of hydrogen-bond donors (Lipinski definition) is 1. The molecular weight excluding hydrogens is 222 g/mol. The van der Waals surface area contributed by atoms with Crippen molar-refractivity contribution >= 4 is 17.6 Å². The number of ether oxygens (including phenoxy) is 1. The van der Waals surface area contributed by atoms with E-state index in [2.05, 4.69) is 0 Å². The zero-order valence-corrected chi connectivity index (χ0v) is 10.0. The third kappa shape index (κ3) is 2.96. The Hall–Kier alpha value is -2.04. The summed E-state index contributed by atoms with van der Waals surface area (Å²) in [6, 6.07) is 5.76. The third-order valence-corrected chi connectivity index (χ3v) is 2.43. The molecule has 0 fully saturated rings. The van der Waals surface area contributed by atoms with Crippen LogP contribution in [-0.2, 0) is 9.59 Å². The summed E-state index contributed by atoms with van der Waals surface area (Å²) in [6.45, 7) is 2.80. The summed E-state index contributed by atoms with van der Waals surface area (Å²) in [4.78, 5) is 23.6. The lowest BCUT2D eigenvalue weighted by atomic mass is 10.2. The molecule has 1 aromatic rings. The molecule has 5 heteroatoms. The van der Waals surface area contributed by atoms with E-state index < -0.39 is 12.0 Å². The number of aliphatic carboxylic acids is 1. The molecule has 0 aliphatic heterocycles. The summed E-state index contributed by atoms with van der Waals surface area (Å²) in [5.41, 5.74) is 0.535. The number of carbonyl (C=O) groups excluding carboxylic acids is 1. The zero-order chi connectivity index (χ0) is 13.0. The van der Waals surface area contributed by atoms with E-state index in [-0.39, 0.29) is 5.91 Å². The SMILES string of the molecule is COc1ccc(N(C(C)=O)C(C)C(=O)O)cc1. The Bertz CT molecular complexity index is 413. The van der Waals surface area contributed by atoms with E-state index in [1.54, 1.807) is 24.3 Å². The van der Waals surface area contributed by atoms with Crippen LogP contribution in [0, 0.1) is 0 Å². The molecule has 0 heterocycles. The van der Waals surface area contributed by atoms with Gasteiger partial charge in [0.05, 0.1) is 7.11 Å². The lowest BCUT2D eigenvalue weighted by molar-refractivity contribution is -0.139. The monoisotopic (exact) mass is 237 g/mol. The van der Waals surface area contributed by atoms with Crippen molar-refractivity contribution in [1.29, 1.82) is 0 Å². The highest BCUT2D eigenvalue weighted by molar-refractivity contribution is 5.97. The normalized spacial score (nSPS) is 11.7. The predicted molar refractivity (Wildman–Crippen MR) is 63.3 cm³/mol. The molecule has 92 valence electrons. The molecule has 0 radical (unpaired) electrons. The van der Waals surface area contributed by atoms with Gasteiger partial charge in [0, 0.05) is 12.6 Å². The molecule has 0 bridgehead atoms. The van der Waals surface area contributed by atoms with E-state index in [9.17, 15) is 9.59 Å². The Labute approximate surface area is 99.6 Å². The maximum atomic E-state index is 11.5. The van der Waals surface area contributed by atoms with Crippen molar-refractivity contribution in [2.24, 2.45) is 0 Å². The molecule has 5 nitrogen and oxygen atoms in total. The van der Waals surface area contributed by atoms with E-state index in [0.717, 1.165) is 0 Å². The topological polar surface area (TPSA) is 66.8 Å². The van der Waals surface area contributed by atoms with E-state index in [1.807, 2.05) is 0 Å². The predicted octanol–water partition coefficient (Wildman–Crippen LogP) is 1.52. The highest BCUT2D eigenvalue weighted by Gasteiger charge is 2.24. The first-order valence-electron chi connectivity index (χ1n) is 5.14. The first-order valence-corrected chi connectivity index (χ1v) is 5.14. The third-order valence-electron chi connectivity index (χ3n) is 2.43. The van der Waals surface area contributed by atoms with Crippen molar-refractivity contribution < 1.29 is 19.4 Å². The zero-order valence-electron chi connectivity index (χ0n) is 10.0. The molecule has 0 spiro atoms. The van der Waals surface area contributed by atoms with E-state index in [4.69, 9.17) is 9.84 Å². The summed E-state index contributed by atoms with van der Waals surface area (Å²) in [7, 11) is 1.54. The van der Waals surface area contributed by atoms with Gasteiger partial charge in [0.2, 0.25) is 5.91 Å². The summed E-state index contributed by atoms with van der Waals surface area (Å²) < 4.78 is 5.00. The number of carboxylic acid groups (broad SMARTS) is 1. The second-order valence-corrected chi connectivity index (χ2v) is 3.60. The van der Waals surface area contributed by atoms with Gasteiger partial charge in [0.25, 0.3) is 0 Å². The Morgan fingerprint density at radius 3 is 2.18 bits per heavy atom. The first-order chi connectivity index (χ1) is 7.97. The number of amides is 1. The summed E-state index contributed by atoms with van der Waals surface area (Å²) in [6.07, 6.45) is 0. The average Bonchev–Trinajstić information content (AvgIpc) is 2.29. The number of carboxylic acids is 1. The Kier molecular flexibility index (Phi) is 4.09. The van der Waals surface area contributed by atoms with Crippen LogP contribution in [0.2, 0.25) is 0 Å². The van der Waals surface area contributed by atoms with Crippen molar-refractivity contribution in [3.05, 3.63) is 24.3 Å². The van der Waals surface area contributed by atoms with E-state index >= 15 is 0 Å². The molecule has 1 atom stereocenters. The van der Waals surface area contributed by atoms with E-state index in [1.165, 1.54) is 25.9 Å². The van der Waals surface area contributed by atoms with Crippen molar-refractivity contribution in [3.63, 3.8) is 0 Å². The number of rotatable bonds is 4. The van der Waals surface area contributed by atoms with Gasteiger partial charge >= 0.3 is 5.97 Å². The van der Waals surface area contributed by atoms with Crippen LogP contribution in [0.4, 0.5) is 5.69 Å². The fourth-order valence-electron chi connectivity index (χ4n) is 1.53. The standard InChI is InChI=1S/C12H15NO4/c1-8(12(15)16)13(9(2)14)10-4-6-11(17-3)7-5-10/h4-8H,1-3H3,(H,15,16). The fourth-order valence-corrected chi connectivity index (χ4v) is 1.53. The number of nitrogens with zero attached hydrogens (tertiary/aromatic N) is 1. The number of anilines is 1. The van der Waals surface area contributed by atoms with Crippen LogP contribution in [0.25, 0.3) is 0 Å². The van der Waals surface area contributed by atoms with Crippen LogP contribution in [-0.4, -0.2) is 30.1 Å². The molecule has 1 aromatic carbocycles. The van der Waals surface area contributed by atoms with Gasteiger partial charge in [-0.2, -0.15) is 0 Å². The summed E-state index contributed by atoms with van der Waals surface area (Å²) in [5, 5.41) is 8.94. The quantitative estimate of drug-likeness (QED) is 0.862. The minimum Gasteiger partial charge on any atom is -0.497 e. The van der Waals surface area contributed by atoms with Crippen molar-refractivity contribution in [2.75, 3.05) is 12.0 Å². The second-order valence-electron chi connectivity index (χ2n) is 3.60. The van der Waals surface area contributed by atoms with Crippen LogP contribution < -0.4 is 9.64 Å². The van der Waals surface area contributed by atoms with Gasteiger partial charge in [-0.1, -0.05) is 0 Å². The fraction of sp³-hybridized carbons (Fsp3) is 0.333. The Balaban J connectivity index is 3.05. The first kappa shape index (κ1) is 13.0. The minimum atomic E-state index is -1.05. The molecule has 1 amide bonds. The van der Waals surface area contributed by atoms with Gasteiger partial charge in [-0.15, -0.1) is 0 Å². The molecule has 0 aliphatic carbocycles. The van der Waals surface area contributed by atoms with Crippen molar-refractivity contribution in [3.8, 4) is 5.75 Å². The molecule has 0 aromatic heterocycles. The molecular formula is C12H15NO4. The maximum Gasteiger partial charge on any atom is 0.326 e. The molecule has 1 rings (SSSR count). The molecule has 0 saturated heterocycles. The summed E-state index contributed by atoms with van der Waals surface area (Å²) >= 11 is 0. The van der Waals surface area contributed by atoms with Gasteiger partial charge in [-0.05, 0) is 31.2 Å². The van der Waals surface area contributed by atoms with Crippen molar-refractivity contribution in [1.82, 2.24) is 0 Å². The van der Waals surface area contributed by atoms with Crippen LogP contribution >= 0.6 is 0 Å². The lowest BCUT2D eigenvalue weighted by Gasteiger charge is -2.25. The van der Waals surface area contributed by atoms with Gasteiger partial charge in [-0.25, -0.2) is 4.79 Å². The van der Waals surface area contributed by atoms with Crippen LogP contribution in [0.15, 0.2) is 24.3 Å². The lowest BCUT2D eigenvalue weighted by Crippen LogP contribution is -2.42. The largest absolute Gasteiger partial charge is 0.497 e. The molecule has 1 N–H and O–H groups in total. The van der Waals surface area contributed by atoms with Gasteiger partial charge < -0.3 is 9.84 Å². The van der Waals surface area contributed by atoms with Crippen LogP contribution in [0.5, 0.6) is 5.75 Å². The van der Waals surface area contributed by atoms with Gasteiger partial charge in [0.15, 0.2) is 0 Å². The molecule has 17 heavy (non-hydrogen) atoms. The highest BCUT2D eigenvalue weighted by Crippen LogP contribution is 2.21. The summed E-state index contributed by atoms with van der Waals surface area (Å²) in [5.74, 6) is -0.707. The number of benzene rings is 1. The maximum absolute atomic E-state index is 11.5. The second kappa shape index (κ2) is 5.34. The highest BCUT2D eigenvalue weighted by atomic mass is 16.5. The molecule has 0 aliphatic rings. The Morgan fingerprint density at radius 2 is 1.82 bits per heavy atom. The average molecular weight is 237 g/mol. The van der Waals surface area contributed by atoms with Crippen molar-refractivity contribution in [2.45, 2.75) is 19.9 Å². The van der Waals surface area contributed by atoms with E-state index in [0.29, 0.717) is 11.4 Å². The molecule has 1 unspecified atom stereocenters. The van der Waals surface area contributed by atoms with Crippen LogP contribution in [0.3, 0.4) is 0 Å². The minimum absolute atomic E-state index is 0.315. The smallest absolute Gasteiger partial charge is 0.326 e. The number of carbonyl (C=O) groups is 2. The molecule has 0 saturated carbocycles. The van der Waals surface area contributed by atoms with Gasteiger partial charge in [0.1, 0.15) is 11.8 Å². The number of hydrogen-bond acceptors (Lipinski definition) is 3. The number of methoxy groups -OCH3 is 1. The van der Waals surface area contributed by atoms with Gasteiger partial charge in [-0.3, -0.25) is 9.69 Å².